The van der Waals surface area contributed by atoms with Gasteiger partial charge in [0.1, 0.15) is 11.5 Å². The van der Waals surface area contributed by atoms with Crippen molar-refractivity contribution in [2.24, 2.45) is 0 Å². The lowest BCUT2D eigenvalue weighted by molar-refractivity contribution is 0.0945. The van der Waals surface area contributed by atoms with E-state index in [0.29, 0.717) is 28.6 Å². The lowest BCUT2D eigenvalue weighted by Gasteiger charge is -2.05. The van der Waals surface area contributed by atoms with E-state index in [1.165, 1.54) is 0 Å². The molecule has 3 aromatic rings. The molecule has 0 atom stereocenters. The van der Waals surface area contributed by atoms with Crippen LogP contribution in [0, 0.1) is 0 Å². The molecule has 0 aliphatic rings. The second kappa shape index (κ2) is 5.30. The number of nitrogens with zero attached hydrogens (tertiary/aromatic N) is 2. The van der Waals surface area contributed by atoms with Gasteiger partial charge in [0.2, 0.25) is 0 Å². The van der Waals surface area contributed by atoms with E-state index in [-0.39, 0.29) is 5.91 Å². The van der Waals surface area contributed by atoms with E-state index >= 15 is 0 Å². The molecule has 2 aromatic heterocycles. The Morgan fingerprint density at radius 1 is 1.35 bits per heavy atom. The third kappa shape index (κ3) is 2.48. The average Bonchev–Trinajstić information content (AvgIpc) is 2.98. The standard InChI is InChI=1S/C14H11ClN4O/c15-10-7-12(19-11-4-2-1-3-9(10)11)14(20)18-8-13-16-5-6-17-13/h1-7H,8H2,(H,16,17)(H,18,20). The topological polar surface area (TPSA) is 70.7 Å². The largest absolute Gasteiger partial charge is 0.347 e. The summed E-state index contributed by atoms with van der Waals surface area (Å²) in [7, 11) is 0. The molecule has 0 bridgehead atoms. The molecular weight excluding hydrogens is 276 g/mol. The smallest absolute Gasteiger partial charge is 0.270 e. The van der Waals surface area contributed by atoms with Crippen molar-refractivity contribution in [3.63, 3.8) is 0 Å². The van der Waals surface area contributed by atoms with Gasteiger partial charge in [0, 0.05) is 17.8 Å². The predicted molar refractivity (Wildman–Crippen MR) is 76.5 cm³/mol. The number of nitrogens with one attached hydrogen (secondary N) is 2. The first kappa shape index (κ1) is 12.6. The van der Waals surface area contributed by atoms with Gasteiger partial charge in [-0.05, 0) is 12.1 Å². The van der Waals surface area contributed by atoms with Crippen molar-refractivity contribution in [1.29, 1.82) is 0 Å². The summed E-state index contributed by atoms with van der Waals surface area (Å²) >= 11 is 6.17. The fraction of sp³-hybridized carbons (Fsp3) is 0.0714. The maximum Gasteiger partial charge on any atom is 0.270 e. The van der Waals surface area contributed by atoms with E-state index in [2.05, 4.69) is 20.3 Å². The summed E-state index contributed by atoms with van der Waals surface area (Å²) in [6, 6.07) is 9.00. The van der Waals surface area contributed by atoms with Crippen LogP contribution in [0.25, 0.3) is 10.9 Å². The number of H-pyrrole nitrogens is 1. The molecule has 100 valence electrons. The van der Waals surface area contributed by atoms with E-state index < -0.39 is 0 Å². The van der Waals surface area contributed by atoms with E-state index in [1.54, 1.807) is 18.5 Å². The molecule has 0 saturated heterocycles. The molecule has 0 unspecified atom stereocenters. The van der Waals surface area contributed by atoms with Gasteiger partial charge >= 0.3 is 0 Å². The van der Waals surface area contributed by atoms with Crippen molar-refractivity contribution < 1.29 is 4.79 Å². The zero-order valence-electron chi connectivity index (χ0n) is 10.4. The normalized spacial score (nSPS) is 10.7. The number of benzene rings is 1. The lowest BCUT2D eigenvalue weighted by atomic mass is 10.2. The molecule has 0 aliphatic carbocycles. The van der Waals surface area contributed by atoms with Gasteiger partial charge in [-0.15, -0.1) is 0 Å². The van der Waals surface area contributed by atoms with E-state index in [0.717, 1.165) is 5.39 Å². The monoisotopic (exact) mass is 286 g/mol. The second-order valence-electron chi connectivity index (χ2n) is 4.23. The quantitative estimate of drug-likeness (QED) is 0.777. The van der Waals surface area contributed by atoms with Crippen LogP contribution in [0.3, 0.4) is 0 Å². The Hall–Kier alpha value is -2.40. The van der Waals surface area contributed by atoms with E-state index in [1.807, 2.05) is 24.3 Å². The number of para-hydroxylation sites is 1. The molecule has 6 heteroatoms. The van der Waals surface area contributed by atoms with Gasteiger partial charge < -0.3 is 10.3 Å². The molecule has 0 aliphatic heterocycles. The molecule has 0 spiro atoms. The van der Waals surface area contributed by atoms with Gasteiger partial charge in [0.15, 0.2) is 0 Å². The Balaban J connectivity index is 1.84. The molecule has 1 amide bonds. The molecule has 20 heavy (non-hydrogen) atoms. The first-order valence-electron chi connectivity index (χ1n) is 6.06. The molecule has 0 saturated carbocycles. The number of aromatic nitrogens is 3. The number of hydrogen-bond donors (Lipinski definition) is 2. The molecule has 2 N–H and O–H groups in total. The number of hydrogen-bond acceptors (Lipinski definition) is 3. The molecule has 0 radical (unpaired) electrons. The Labute approximate surface area is 120 Å². The van der Waals surface area contributed by atoms with Crippen LogP contribution in [0.5, 0.6) is 0 Å². The summed E-state index contributed by atoms with van der Waals surface area (Å²) in [5, 5.41) is 4.08. The van der Waals surface area contributed by atoms with Crippen molar-refractivity contribution in [1.82, 2.24) is 20.3 Å². The molecule has 5 nitrogen and oxygen atoms in total. The lowest BCUT2D eigenvalue weighted by Crippen LogP contribution is -2.24. The van der Waals surface area contributed by atoms with Crippen LogP contribution < -0.4 is 5.32 Å². The van der Waals surface area contributed by atoms with Crippen molar-refractivity contribution in [3.8, 4) is 0 Å². The average molecular weight is 287 g/mol. The highest BCUT2D eigenvalue weighted by Gasteiger charge is 2.11. The maximum atomic E-state index is 12.1. The highest BCUT2D eigenvalue weighted by molar-refractivity contribution is 6.35. The summed E-state index contributed by atoms with van der Waals surface area (Å²) in [5.74, 6) is 0.402. The van der Waals surface area contributed by atoms with Crippen LogP contribution >= 0.6 is 11.6 Å². The predicted octanol–water partition coefficient (Wildman–Crippen LogP) is 2.54. The Morgan fingerprint density at radius 2 is 2.20 bits per heavy atom. The highest BCUT2D eigenvalue weighted by Crippen LogP contribution is 2.22. The Morgan fingerprint density at radius 3 is 3.00 bits per heavy atom. The molecule has 2 heterocycles. The van der Waals surface area contributed by atoms with Gasteiger partial charge in [-0.2, -0.15) is 0 Å². The fourth-order valence-corrected chi connectivity index (χ4v) is 2.16. The van der Waals surface area contributed by atoms with Gasteiger partial charge in [0.25, 0.3) is 5.91 Å². The fourth-order valence-electron chi connectivity index (χ4n) is 1.90. The number of carbonyl (C=O) groups excluding carboxylic acids is 1. The van der Waals surface area contributed by atoms with Crippen molar-refractivity contribution >= 4 is 28.4 Å². The van der Waals surface area contributed by atoms with Crippen LogP contribution in [-0.4, -0.2) is 20.9 Å². The van der Waals surface area contributed by atoms with Gasteiger partial charge in [0.05, 0.1) is 17.1 Å². The summed E-state index contributed by atoms with van der Waals surface area (Å²) in [6.45, 7) is 0.317. The van der Waals surface area contributed by atoms with Crippen LogP contribution in [0.2, 0.25) is 5.02 Å². The van der Waals surface area contributed by atoms with Crippen molar-refractivity contribution in [2.75, 3.05) is 0 Å². The van der Waals surface area contributed by atoms with E-state index in [9.17, 15) is 4.79 Å². The third-order valence-corrected chi connectivity index (χ3v) is 3.18. The number of imidazole rings is 1. The SMILES string of the molecule is O=C(NCc1ncc[nH]1)c1cc(Cl)c2ccccc2n1. The summed E-state index contributed by atoms with van der Waals surface area (Å²) in [6.07, 6.45) is 3.33. The van der Waals surface area contributed by atoms with Gasteiger partial charge in [-0.3, -0.25) is 4.79 Å². The van der Waals surface area contributed by atoms with Crippen LogP contribution in [0.15, 0.2) is 42.7 Å². The van der Waals surface area contributed by atoms with Gasteiger partial charge in [-0.25, -0.2) is 9.97 Å². The number of pyridine rings is 1. The van der Waals surface area contributed by atoms with Crippen molar-refractivity contribution in [3.05, 3.63) is 59.3 Å². The zero-order valence-corrected chi connectivity index (χ0v) is 11.2. The Bertz CT molecular complexity index is 755. The maximum absolute atomic E-state index is 12.1. The number of fused-ring (bicyclic) bond motifs is 1. The van der Waals surface area contributed by atoms with Gasteiger partial charge in [-0.1, -0.05) is 29.8 Å². The second-order valence-corrected chi connectivity index (χ2v) is 4.63. The minimum Gasteiger partial charge on any atom is -0.347 e. The van der Waals surface area contributed by atoms with Crippen molar-refractivity contribution in [2.45, 2.75) is 6.54 Å². The summed E-state index contributed by atoms with van der Waals surface area (Å²) in [5.41, 5.74) is 0.989. The molecule has 3 rings (SSSR count). The first-order valence-corrected chi connectivity index (χ1v) is 6.43. The highest BCUT2D eigenvalue weighted by atomic mass is 35.5. The first-order chi connectivity index (χ1) is 9.74. The summed E-state index contributed by atoms with van der Waals surface area (Å²) in [4.78, 5) is 23.3. The minimum atomic E-state index is -0.283. The minimum absolute atomic E-state index is 0.283. The van der Waals surface area contributed by atoms with Crippen LogP contribution in [0.4, 0.5) is 0 Å². The number of amides is 1. The Kier molecular flexibility index (Phi) is 3.35. The number of rotatable bonds is 3. The summed E-state index contributed by atoms with van der Waals surface area (Å²) < 4.78 is 0. The van der Waals surface area contributed by atoms with Crippen LogP contribution in [0.1, 0.15) is 16.3 Å². The molecule has 1 aromatic carbocycles. The molecule has 0 fully saturated rings. The number of aromatic amines is 1. The van der Waals surface area contributed by atoms with Crippen LogP contribution in [-0.2, 0) is 6.54 Å². The number of carbonyl (C=O) groups is 1. The number of halogens is 1. The third-order valence-electron chi connectivity index (χ3n) is 2.87. The molecular formula is C14H11ClN4O. The zero-order chi connectivity index (χ0) is 13.9. The van der Waals surface area contributed by atoms with E-state index in [4.69, 9.17) is 11.6 Å².